The van der Waals surface area contributed by atoms with E-state index in [4.69, 9.17) is 0 Å². The van der Waals surface area contributed by atoms with Crippen molar-refractivity contribution in [3.63, 3.8) is 0 Å². The summed E-state index contributed by atoms with van der Waals surface area (Å²) in [6.45, 7) is 2.08. The topological polar surface area (TPSA) is 26.3 Å². The number of benzene rings is 1. The lowest BCUT2D eigenvalue weighted by molar-refractivity contribution is -0.274. The predicted molar refractivity (Wildman–Crippen MR) is 64.0 cm³/mol. The van der Waals surface area contributed by atoms with E-state index < -0.39 is 6.36 Å². The Morgan fingerprint density at radius 2 is 2.05 bits per heavy atom. The van der Waals surface area contributed by atoms with Gasteiger partial charge < -0.3 is 4.74 Å². The van der Waals surface area contributed by atoms with Gasteiger partial charge in [0.15, 0.2) is 5.78 Å². The van der Waals surface area contributed by atoms with Gasteiger partial charge in [0.05, 0.1) is 0 Å². The molecular formula is C14H15F3O2. The van der Waals surface area contributed by atoms with Crippen LogP contribution in [0.1, 0.15) is 36.5 Å². The molecule has 5 heteroatoms. The summed E-state index contributed by atoms with van der Waals surface area (Å²) in [6.07, 6.45) is -2.12. The maximum absolute atomic E-state index is 12.2. The number of hydrogen-bond donors (Lipinski definition) is 0. The SMILES string of the molecule is CC1CCC(C(=O)c2cccc(OC(F)(F)F)c2)C1. The van der Waals surface area contributed by atoms with Gasteiger partial charge in [0.2, 0.25) is 0 Å². The summed E-state index contributed by atoms with van der Waals surface area (Å²) in [6, 6.07) is 5.31. The third-order valence-electron chi connectivity index (χ3n) is 3.42. The quantitative estimate of drug-likeness (QED) is 0.771. The molecule has 1 aliphatic carbocycles. The lowest BCUT2D eigenvalue weighted by atomic mass is 9.95. The van der Waals surface area contributed by atoms with Gasteiger partial charge in [-0.2, -0.15) is 0 Å². The second kappa shape index (κ2) is 5.23. The Hall–Kier alpha value is -1.52. The van der Waals surface area contributed by atoms with Crippen LogP contribution in [0, 0.1) is 11.8 Å². The fourth-order valence-electron chi connectivity index (χ4n) is 2.53. The van der Waals surface area contributed by atoms with Gasteiger partial charge in [0.25, 0.3) is 0 Å². The molecule has 104 valence electrons. The molecule has 0 saturated heterocycles. The van der Waals surface area contributed by atoms with Crippen molar-refractivity contribution in [1.29, 1.82) is 0 Å². The average Bonchev–Trinajstić information content (AvgIpc) is 2.73. The molecule has 1 aliphatic rings. The minimum atomic E-state index is -4.73. The normalized spacial score (nSPS) is 23.4. The summed E-state index contributed by atoms with van der Waals surface area (Å²) in [5, 5.41) is 0. The first-order valence-electron chi connectivity index (χ1n) is 6.25. The molecule has 1 aromatic carbocycles. The van der Waals surface area contributed by atoms with Crippen molar-refractivity contribution in [2.75, 3.05) is 0 Å². The number of Topliss-reactive ketones (excluding diaryl/α,β-unsaturated/α-hetero) is 1. The van der Waals surface area contributed by atoms with Crippen LogP contribution in [0.5, 0.6) is 5.75 Å². The van der Waals surface area contributed by atoms with Crippen molar-refractivity contribution >= 4 is 5.78 Å². The van der Waals surface area contributed by atoms with Crippen molar-refractivity contribution in [3.8, 4) is 5.75 Å². The van der Waals surface area contributed by atoms with Crippen LogP contribution >= 0.6 is 0 Å². The first-order chi connectivity index (χ1) is 8.85. The van der Waals surface area contributed by atoms with Gasteiger partial charge in [-0.1, -0.05) is 19.1 Å². The van der Waals surface area contributed by atoms with E-state index in [0.29, 0.717) is 11.5 Å². The van der Waals surface area contributed by atoms with Crippen LogP contribution in [0.15, 0.2) is 24.3 Å². The predicted octanol–water partition coefficient (Wildman–Crippen LogP) is 4.20. The molecule has 0 amide bonds. The zero-order chi connectivity index (χ0) is 14.0. The molecule has 2 unspecified atom stereocenters. The summed E-state index contributed by atoms with van der Waals surface area (Å²) < 4.78 is 40.2. The van der Waals surface area contributed by atoms with E-state index in [1.165, 1.54) is 24.3 Å². The van der Waals surface area contributed by atoms with Gasteiger partial charge >= 0.3 is 6.36 Å². The second-order valence-corrected chi connectivity index (χ2v) is 5.06. The number of carbonyl (C=O) groups is 1. The Bertz CT molecular complexity index is 468. The highest BCUT2D eigenvalue weighted by atomic mass is 19.4. The lowest BCUT2D eigenvalue weighted by Gasteiger charge is -2.12. The molecule has 19 heavy (non-hydrogen) atoms. The molecule has 1 fully saturated rings. The first kappa shape index (κ1) is 13.9. The van der Waals surface area contributed by atoms with Crippen LogP contribution in [0.25, 0.3) is 0 Å². The van der Waals surface area contributed by atoms with Gasteiger partial charge in [0.1, 0.15) is 5.75 Å². The van der Waals surface area contributed by atoms with Crippen LogP contribution in [-0.2, 0) is 0 Å². The number of ketones is 1. The Morgan fingerprint density at radius 3 is 2.63 bits per heavy atom. The van der Waals surface area contributed by atoms with Crippen molar-refractivity contribution < 1.29 is 22.7 Å². The lowest BCUT2D eigenvalue weighted by Crippen LogP contribution is -2.18. The zero-order valence-corrected chi connectivity index (χ0v) is 10.5. The first-order valence-corrected chi connectivity index (χ1v) is 6.25. The third-order valence-corrected chi connectivity index (χ3v) is 3.42. The molecule has 1 aromatic rings. The van der Waals surface area contributed by atoms with Crippen molar-refractivity contribution in [3.05, 3.63) is 29.8 Å². The molecule has 1 saturated carbocycles. The fraction of sp³-hybridized carbons (Fsp3) is 0.500. The Balaban J connectivity index is 2.12. The zero-order valence-electron chi connectivity index (χ0n) is 10.5. The van der Waals surface area contributed by atoms with Crippen molar-refractivity contribution in [2.45, 2.75) is 32.5 Å². The fourth-order valence-corrected chi connectivity index (χ4v) is 2.53. The molecular weight excluding hydrogens is 257 g/mol. The van der Waals surface area contributed by atoms with Gasteiger partial charge in [-0.15, -0.1) is 13.2 Å². The van der Waals surface area contributed by atoms with E-state index >= 15 is 0 Å². The molecule has 0 bridgehead atoms. The van der Waals surface area contributed by atoms with E-state index in [1.54, 1.807) is 0 Å². The van der Waals surface area contributed by atoms with Gasteiger partial charge in [0, 0.05) is 11.5 Å². The number of alkyl halides is 3. The molecule has 2 rings (SSSR count). The summed E-state index contributed by atoms with van der Waals surface area (Å²) in [4.78, 5) is 12.2. The van der Waals surface area contributed by atoms with Crippen LogP contribution < -0.4 is 4.74 Å². The number of rotatable bonds is 3. The summed E-state index contributed by atoms with van der Waals surface area (Å²) in [5.41, 5.74) is 0.292. The molecule has 2 atom stereocenters. The van der Waals surface area contributed by atoms with Crippen LogP contribution in [0.4, 0.5) is 13.2 Å². The highest BCUT2D eigenvalue weighted by Crippen LogP contribution is 2.33. The maximum atomic E-state index is 12.2. The van der Waals surface area contributed by atoms with Crippen LogP contribution in [0.2, 0.25) is 0 Å². The van der Waals surface area contributed by atoms with E-state index in [0.717, 1.165) is 19.3 Å². The summed E-state index contributed by atoms with van der Waals surface area (Å²) >= 11 is 0. The Kier molecular flexibility index (Phi) is 3.83. The Morgan fingerprint density at radius 1 is 1.32 bits per heavy atom. The van der Waals surface area contributed by atoms with E-state index in [2.05, 4.69) is 11.7 Å². The van der Waals surface area contributed by atoms with Crippen LogP contribution in [0.3, 0.4) is 0 Å². The minimum Gasteiger partial charge on any atom is -0.406 e. The monoisotopic (exact) mass is 272 g/mol. The summed E-state index contributed by atoms with van der Waals surface area (Å²) in [5.74, 6) is 0.000986. The van der Waals surface area contributed by atoms with E-state index in [1.807, 2.05) is 0 Å². The second-order valence-electron chi connectivity index (χ2n) is 5.06. The van der Waals surface area contributed by atoms with Gasteiger partial charge in [-0.25, -0.2) is 0 Å². The van der Waals surface area contributed by atoms with Crippen molar-refractivity contribution in [2.24, 2.45) is 11.8 Å². The number of carbonyl (C=O) groups excluding carboxylic acids is 1. The largest absolute Gasteiger partial charge is 0.573 e. The molecule has 0 radical (unpaired) electrons. The minimum absolute atomic E-state index is 0.0730. The van der Waals surface area contributed by atoms with Gasteiger partial charge in [-0.3, -0.25) is 4.79 Å². The standard InChI is InChI=1S/C14H15F3O2/c1-9-5-6-11(7-9)13(18)10-3-2-4-12(8-10)19-14(15,16)17/h2-4,8-9,11H,5-7H2,1H3. The third kappa shape index (κ3) is 3.72. The van der Waals surface area contributed by atoms with Gasteiger partial charge in [-0.05, 0) is 37.3 Å². The molecule has 0 aromatic heterocycles. The molecule has 0 N–H and O–H groups in total. The van der Waals surface area contributed by atoms with E-state index in [9.17, 15) is 18.0 Å². The summed E-state index contributed by atoms with van der Waals surface area (Å²) in [7, 11) is 0. The maximum Gasteiger partial charge on any atom is 0.573 e. The Labute approximate surface area is 109 Å². The van der Waals surface area contributed by atoms with Crippen molar-refractivity contribution in [1.82, 2.24) is 0 Å². The molecule has 0 heterocycles. The van der Waals surface area contributed by atoms with Crippen LogP contribution in [-0.4, -0.2) is 12.1 Å². The average molecular weight is 272 g/mol. The number of hydrogen-bond acceptors (Lipinski definition) is 2. The highest BCUT2D eigenvalue weighted by Gasteiger charge is 2.32. The van der Waals surface area contributed by atoms with E-state index in [-0.39, 0.29) is 17.5 Å². The highest BCUT2D eigenvalue weighted by molar-refractivity contribution is 5.98. The number of halogens is 3. The number of ether oxygens (including phenoxy) is 1. The molecule has 2 nitrogen and oxygen atoms in total. The molecule has 0 aliphatic heterocycles. The smallest absolute Gasteiger partial charge is 0.406 e. The molecule has 0 spiro atoms.